The molecule has 3 nitrogen and oxygen atoms in total. The van der Waals surface area contributed by atoms with Gasteiger partial charge in [0, 0.05) is 12.4 Å². The molecule has 2 aromatic heterocycles. The molecule has 3 rings (SSSR count). The molecule has 20 heavy (non-hydrogen) atoms. The van der Waals surface area contributed by atoms with E-state index in [1.54, 1.807) is 6.20 Å². The third-order valence-electron chi connectivity index (χ3n) is 2.91. The number of halogens is 3. The Hall–Kier alpha value is -2.50. The number of nitrogens with one attached hydrogen (secondary N) is 1. The van der Waals surface area contributed by atoms with Gasteiger partial charge in [-0.3, -0.25) is 0 Å². The minimum absolute atomic E-state index is 0.0963. The summed E-state index contributed by atoms with van der Waals surface area (Å²) in [7, 11) is 0. The van der Waals surface area contributed by atoms with Crippen LogP contribution in [0, 0.1) is 17.5 Å². The summed E-state index contributed by atoms with van der Waals surface area (Å²) in [5.41, 5.74) is 1.33. The zero-order chi connectivity index (χ0) is 14.1. The van der Waals surface area contributed by atoms with E-state index >= 15 is 0 Å². The summed E-state index contributed by atoms with van der Waals surface area (Å²) < 4.78 is 41.2. The van der Waals surface area contributed by atoms with Crippen LogP contribution in [0.5, 0.6) is 0 Å². The van der Waals surface area contributed by atoms with E-state index < -0.39 is 17.5 Å². The van der Waals surface area contributed by atoms with Gasteiger partial charge in [-0.05, 0) is 24.3 Å². The first-order valence-corrected chi connectivity index (χ1v) is 5.95. The van der Waals surface area contributed by atoms with Crippen molar-refractivity contribution in [1.29, 1.82) is 0 Å². The number of hydrogen-bond donors (Lipinski definition) is 1. The molecule has 102 valence electrons. The first-order chi connectivity index (χ1) is 9.65. The van der Waals surface area contributed by atoms with Crippen LogP contribution >= 0.6 is 0 Å². The summed E-state index contributed by atoms with van der Waals surface area (Å²) >= 11 is 0. The molecule has 2 heterocycles. The third-order valence-corrected chi connectivity index (χ3v) is 2.91. The van der Waals surface area contributed by atoms with Crippen LogP contribution < -0.4 is 5.32 Å². The monoisotopic (exact) mass is 277 g/mol. The van der Waals surface area contributed by atoms with E-state index in [1.807, 2.05) is 28.8 Å². The van der Waals surface area contributed by atoms with Gasteiger partial charge < -0.3 is 9.72 Å². The molecule has 3 aromatic rings. The SMILES string of the molecule is Fc1ccc(NCc2cn3ccccc3n2)c(F)c1F. The van der Waals surface area contributed by atoms with Crippen molar-refractivity contribution in [3.8, 4) is 0 Å². The van der Waals surface area contributed by atoms with Crippen LogP contribution in [0.1, 0.15) is 5.69 Å². The summed E-state index contributed by atoms with van der Waals surface area (Å²) in [6.45, 7) is 0.212. The molecule has 0 saturated carbocycles. The molecule has 0 aliphatic carbocycles. The number of imidazole rings is 1. The van der Waals surface area contributed by atoms with E-state index in [9.17, 15) is 13.2 Å². The fourth-order valence-electron chi connectivity index (χ4n) is 1.92. The predicted molar refractivity (Wildman–Crippen MR) is 68.8 cm³/mol. The van der Waals surface area contributed by atoms with Crippen molar-refractivity contribution in [3.05, 3.63) is 65.9 Å². The Morgan fingerprint density at radius 1 is 1.05 bits per heavy atom. The molecular weight excluding hydrogens is 267 g/mol. The Kier molecular flexibility index (Phi) is 3.06. The highest BCUT2D eigenvalue weighted by Crippen LogP contribution is 2.20. The van der Waals surface area contributed by atoms with Crippen LogP contribution in [0.2, 0.25) is 0 Å². The van der Waals surface area contributed by atoms with Gasteiger partial charge in [0.15, 0.2) is 17.5 Å². The number of pyridine rings is 1. The second-order valence-electron chi connectivity index (χ2n) is 4.27. The van der Waals surface area contributed by atoms with Crippen molar-refractivity contribution >= 4 is 11.3 Å². The third kappa shape index (κ3) is 2.20. The summed E-state index contributed by atoms with van der Waals surface area (Å²) in [5, 5.41) is 2.70. The molecule has 1 N–H and O–H groups in total. The van der Waals surface area contributed by atoms with Gasteiger partial charge in [-0.25, -0.2) is 18.2 Å². The highest BCUT2D eigenvalue weighted by atomic mass is 19.2. The van der Waals surface area contributed by atoms with E-state index in [0.717, 1.165) is 17.8 Å². The Labute approximate surface area is 112 Å². The van der Waals surface area contributed by atoms with Gasteiger partial charge in [0.2, 0.25) is 0 Å². The van der Waals surface area contributed by atoms with Crippen molar-refractivity contribution in [1.82, 2.24) is 9.38 Å². The number of nitrogens with zero attached hydrogens (tertiary/aromatic N) is 2. The minimum atomic E-state index is -1.48. The Morgan fingerprint density at radius 3 is 2.70 bits per heavy atom. The molecule has 0 atom stereocenters. The molecule has 0 aliphatic rings. The van der Waals surface area contributed by atoms with E-state index in [-0.39, 0.29) is 12.2 Å². The first-order valence-electron chi connectivity index (χ1n) is 5.95. The van der Waals surface area contributed by atoms with Crippen molar-refractivity contribution in [2.75, 3.05) is 5.32 Å². The normalized spacial score (nSPS) is 10.9. The molecule has 0 radical (unpaired) electrons. The van der Waals surface area contributed by atoms with Crippen molar-refractivity contribution < 1.29 is 13.2 Å². The average molecular weight is 277 g/mol. The van der Waals surface area contributed by atoms with Crippen LogP contribution in [0.25, 0.3) is 5.65 Å². The lowest BCUT2D eigenvalue weighted by atomic mass is 10.2. The fourth-order valence-corrected chi connectivity index (χ4v) is 1.92. The quantitative estimate of drug-likeness (QED) is 0.744. The van der Waals surface area contributed by atoms with Gasteiger partial charge in [-0.1, -0.05) is 6.07 Å². The highest BCUT2D eigenvalue weighted by Gasteiger charge is 2.13. The maximum atomic E-state index is 13.5. The van der Waals surface area contributed by atoms with Gasteiger partial charge in [-0.15, -0.1) is 0 Å². The largest absolute Gasteiger partial charge is 0.377 e. The van der Waals surface area contributed by atoms with Gasteiger partial charge >= 0.3 is 0 Å². The molecule has 0 amide bonds. The Morgan fingerprint density at radius 2 is 1.90 bits per heavy atom. The standard InChI is InChI=1S/C14H10F3N3/c15-10-4-5-11(14(17)13(10)16)18-7-9-8-20-6-2-1-3-12(20)19-9/h1-6,8,18H,7H2. The Bertz CT molecular complexity index is 734. The van der Waals surface area contributed by atoms with E-state index in [4.69, 9.17) is 0 Å². The van der Waals surface area contributed by atoms with Crippen molar-refractivity contribution in [2.45, 2.75) is 6.54 Å². The average Bonchev–Trinajstić information content (AvgIpc) is 2.87. The summed E-state index contributed by atoms with van der Waals surface area (Å²) in [5.74, 6) is -3.92. The number of aromatic nitrogens is 2. The van der Waals surface area contributed by atoms with Crippen LogP contribution in [-0.2, 0) is 6.54 Å². The zero-order valence-corrected chi connectivity index (χ0v) is 10.3. The maximum absolute atomic E-state index is 13.5. The minimum Gasteiger partial charge on any atom is -0.377 e. The van der Waals surface area contributed by atoms with E-state index in [1.165, 1.54) is 0 Å². The topological polar surface area (TPSA) is 29.3 Å². The number of anilines is 1. The summed E-state index contributed by atoms with van der Waals surface area (Å²) in [6.07, 6.45) is 3.62. The molecular formula is C14H10F3N3. The van der Waals surface area contributed by atoms with E-state index in [2.05, 4.69) is 10.3 Å². The lowest BCUT2D eigenvalue weighted by Crippen LogP contribution is -2.04. The smallest absolute Gasteiger partial charge is 0.196 e. The lowest BCUT2D eigenvalue weighted by molar-refractivity contribution is 0.449. The zero-order valence-electron chi connectivity index (χ0n) is 10.3. The number of rotatable bonds is 3. The van der Waals surface area contributed by atoms with Crippen LogP contribution in [-0.4, -0.2) is 9.38 Å². The van der Waals surface area contributed by atoms with Crippen LogP contribution in [0.15, 0.2) is 42.7 Å². The van der Waals surface area contributed by atoms with Gasteiger partial charge in [0.05, 0.1) is 17.9 Å². The summed E-state index contributed by atoms with van der Waals surface area (Å²) in [4.78, 5) is 4.31. The molecule has 0 aliphatic heterocycles. The first kappa shape index (κ1) is 12.5. The molecule has 0 fully saturated rings. The second-order valence-corrected chi connectivity index (χ2v) is 4.27. The predicted octanol–water partition coefficient (Wildman–Crippen LogP) is 3.36. The Balaban J connectivity index is 1.81. The highest BCUT2D eigenvalue weighted by molar-refractivity contribution is 5.46. The van der Waals surface area contributed by atoms with Crippen LogP contribution in [0.4, 0.5) is 18.9 Å². The lowest BCUT2D eigenvalue weighted by Gasteiger charge is -2.06. The molecule has 6 heteroatoms. The molecule has 0 spiro atoms. The maximum Gasteiger partial charge on any atom is 0.196 e. The molecule has 1 aromatic carbocycles. The van der Waals surface area contributed by atoms with Gasteiger partial charge in [0.25, 0.3) is 0 Å². The fraction of sp³-hybridized carbons (Fsp3) is 0.0714. The number of benzene rings is 1. The number of hydrogen-bond acceptors (Lipinski definition) is 2. The molecule has 0 unspecified atom stereocenters. The second kappa shape index (κ2) is 4.88. The number of fused-ring (bicyclic) bond motifs is 1. The molecule has 0 saturated heterocycles. The summed E-state index contributed by atoms with van der Waals surface area (Å²) in [6, 6.07) is 7.59. The van der Waals surface area contributed by atoms with E-state index in [0.29, 0.717) is 5.69 Å². The van der Waals surface area contributed by atoms with Gasteiger partial charge in [0.1, 0.15) is 5.65 Å². The van der Waals surface area contributed by atoms with Crippen molar-refractivity contribution in [3.63, 3.8) is 0 Å². The van der Waals surface area contributed by atoms with Crippen molar-refractivity contribution in [2.24, 2.45) is 0 Å². The molecule has 0 bridgehead atoms. The van der Waals surface area contributed by atoms with Gasteiger partial charge in [-0.2, -0.15) is 0 Å². The van der Waals surface area contributed by atoms with Crippen LogP contribution in [0.3, 0.4) is 0 Å².